The number of aliphatic hydroxyl groups excluding tert-OH is 25. The van der Waals surface area contributed by atoms with Crippen molar-refractivity contribution in [3.63, 3.8) is 0 Å². The molecule has 44 unspecified atom stereocenters. The third kappa shape index (κ3) is 29.9. The Morgan fingerprint density at radius 2 is 0.766 bits per heavy atom. The van der Waals surface area contributed by atoms with Crippen LogP contribution in [0.15, 0.2) is 0 Å². The number of hydrogen-bond donors (Lipinski definition) is 27. The van der Waals surface area contributed by atoms with Crippen LogP contribution in [-0.2, 0) is 104 Å². The summed E-state index contributed by atoms with van der Waals surface area (Å²) in [4.78, 5) is 48.8. The van der Waals surface area contributed by atoms with E-state index in [0.717, 1.165) is 84.0 Å². The third-order valence-electron chi connectivity index (χ3n) is 27.4. The van der Waals surface area contributed by atoms with Crippen LogP contribution in [0.3, 0.4) is 0 Å². The van der Waals surface area contributed by atoms with Gasteiger partial charge < -0.3 is 243 Å². The van der Waals surface area contributed by atoms with E-state index in [1.165, 1.54) is 20.8 Å². The van der Waals surface area contributed by atoms with Crippen molar-refractivity contribution in [1.82, 2.24) is 5.32 Å². The quantitative estimate of drug-likeness (QED) is 0.0266. The number of carbonyl (C=O) groups excluding carboxylic acids is 3. The number of amides is 1. The van der Waals surface area contributed by atoms with Gasteiger partial charge >= 0.3 is 65.1 Å². The number of carboxylic acids is 3. The van der Waals surface area contributed by atoms with E-state index in [9.17, 15) is 162 Å². The average molecular weight is 2010 g/mol. The van der Waals surface area contributed by atoms with Gasteiger partial charge in [0.25, 0.3) is 5.79 Å². The van der Waals surface area contributed by atoms with E-state index in [2.05, 4.69) is 5.32 Å². The van der Waals surface area contributed by atoms with E-state index < -0.39 is 364 Å². The molecule has 3 aliphatic carbocycles. The zero-order valence-corrected chi connectivity index (χ0v) is 81.4. The minimum Gasteiger partial charge on any atom is -0.547 e. The predicted octanol–water partition coefficient (Wildman–Crippen LogP) is -19.7. The van der Waals surface area contributed by atoms with Crippen molar-refractivity contribution in [2.45, 2.75) is 438 Å². The molecule has 53 heteroatoms. The maximum atomic E-state index is 12.7. The fraction of sp³-hybridized carbons (Fsp3) is 0.952. The van der Waals surface area contributed by atoms with Gasteiger partial charge in [0, 0.05) is 25.9 Å². The van der Waals surface area contributed by atoms with E-state index in [1.54, 1.807) is 6.92 Å². The molecule has 1 amide bonds. The molecule has 9 heterocycles. The first-order valence-corrected chi connectivity index (χ1v) is 46.3. The first-order valence-electron chi connectivity index (χ1n) is 46.3. The Kier molecular flexibility index (Phi) is 48.7. The van der Waals surface area contributed by atoms with Crippen LogP contribution in [0.2, 0.25) is 0 Å². The summed E-state index contributed by atoms with van der Waals surface area (Å²) in [7, 11) is 0. The standard InChI is InChI=1S/C30H51NO22.C27H46O15.C27H46O13.2Na/c1-8-11(36)4-30(29(45)46,52-22(8)17(39)12(37)5-32)53-25-18(40)13(6-33)49-28(21(25)43)50-23-14(7-34)48-26(44)15(31-10(3)35)24(23)51-27-20(42)19(41)16(38)9(2)47-27;1-12-18(30)20(32)21(33)26(38-12)42-23-14(7-8-37-17(23)11-29)40-27-22(34)24(19(31)16(10-28)41-27)39-15(25(35)36)9-13-5-3-2-4-6-13;1-13-19(29)21(31)22(32)26(36-13)38-15-9-5-6-10-16(15)39-27-23(33)24(20(30)18(12-28)40-27)37-17(25(34)35)11-14-7-3-2-4-8-14;;/h8-9,11-28,32-34,36-44H,4-7H2,1-3H3,(H,31,35)(H,45,46);12-24,26-34H,2-11H2,1H3,(H,35,36);13-24,26-33H,2-12H2,1H3,(H,34,35);;/q;;;2*+1/p-2/t8?,9?,11?,12-,13?,14?,15?,16?,17-,18?,19?,20?,21?,22?,23?,24?,25?,26?,27?,28?,30?;12?,14?,15-,16?,17?,18?,19?,20?,21?,22?,23?,24?,26?,27?;13?,15?,16?,17-,18?,19?,20?,21?,22?,23?,24?,26?,27?;;/m100../s1. The third-order valence-corrected chi connectivity index (χ3v) is 27.4. The number of rotatable bonds is 34. The molecule has 9 saturated heterocycles. The molecule has 9 aliphatic heterocycles. The molecule has 0 spiro atoms. The minimum absolute atomic E-state index is 0. The van der Waals surface area contributed by atoms with Gasteiger partial charge in [-0.25, -0.2) is 4.79 Å². The number of hydrogen-bond acceptors (Lipinski definition) is 49. The number of ether oxygens (including phenoxy) is 18. The molecule has 48 atom stereocenters. The van der Waals surface area contributed by atoms with Gasteiger partial charge in [-0.3, -0.25) is 4.79 Å². The second kappa shape index (κ2) is 55.4. The summed E-state index contributed by atoms with van der Waals surface area (Å²) in [5.74, 6) is -9.37. The van der Waals surface area contributed by atoms with E-state index >= 15 is 0 Å². The number of carboxylic acid groups (broad SMARTS) is 3. The van der Waals surface area contributed by atoms with Crippen LogP contribution in [0, 0.1) is 17.8 Å². The molecule has 784 valence electrons. The Balaban J connectivity index is 0.000000253. The molecule has 137 heavy (non-hydrogen) atoms. The van der Waals surface area contributed by atoms with Crippen molar-refractivity contribution in [1.29, 1.82) is 0 Å². The minimum atomic E-state index is -2.95. The topological polar surface area (TPSA) is 819 Å². The van der Waals surface area contributed by atoms with Gasteiger partial charge in [-0.1, -0.05) is 84.0 Å². The Morgan fingerprint density at radius 1 is 0.401 bits per heavy atom. The molecular formula is C84H141NNa2O50. The van der Waals surface area contributed by atoms with Crippen LogP contribution >= 0.6 is 0 Å². The second-order valence-corrected chi connectivity index (χ2v) is 37.0. The van der Waals surface area contributed by atoms with Crippen molar-refractivity contribution >= 4 is 23.8 Å². The summed E-state index contributed by atoms with van der Waals surface area (Å²) in [5.41, 5.74) is 0. The summed E-state index contributed by atoms with van der Waals surface area (Å²) < 4.78 is 103. The van der Waals surface area contributed by atoms with Gasteiger partial charge in [-0.2, -0.15) is 0 Å². The average Bonchev–Trinajstić information content (AvgIpc) is 0.750. The van der Waals surface area contributed by atoms with Crippen molar-refractivity contribution in [3.05, 3.63) is 0 Å². The van der Waals surface area contributed by atoms with Crippen molar-refractivity contribution in [2.24, 2.45) is 17.8 Å². The molecule has 12 rings (SSSR count). The molecule has 0 aromatic heterocycles. The molecule has 12 aliphatic rings. The van der Waals surface area contributed by atoms with E-state index in [-0.39, 0.29) is 96.8 Å². The normalized spacial score (nSPS) is 45.1. The monoisotopic (exact) mass is 2010 g/mol. The number of aliphatic hydroxyl groups is 25. The van der Waals surface area contributed by atoms with Crippen molar-refractivity contribution < 1.29 is 307 Å². The van der Waals surface area contributed by atoms with Gasteiger partial charge in [-0.05, 0) is 64.7 Å². The Hall–Kier alpha value is -1.84. The molecule has 0 aromatic rings. The first-order chi connectivity index (χ1) is 64.0. The predicted molar refractivity (Wildman–Crippen MR) is 434 cm³/mol. The van der Waals surface area contributed by atoms with Crippen LogP contribution in [0.4, 0.5) is 0 Å². The van der Waals surface area contributed by atoms with Crippen LogP contribution in [0.25, 0.3) is 0 Å². The summed E-state index contributed by atoms with van der Waals surface area (Å²) in [5, 5.41) is 297. The molecule has 12 fully saturated rings. The molecule has 3 saturated carbocycles. The maximum absolute atomic E-state index is 12.7. The van der Waals surface area contributed by atoms with Crippen LogP contribution in [-0.4, -0.2) is 491 Å². The van der Waals surface area contributed by atoms with Crippen molar-refractivity contribution in [2.75, 3.05) is 46.2 Å². The zero-order valence-electron chi connectivity index (χ0n) is 77.4. The summed E-state index contributed by atoms with van der Waals surface area (Å²) in [6, 6.07) is -1.59. The van der Waals surface area contributed by atoms with Gasteiger partial charge in [0.1, 0.15) is 177 Å². The van der Waals surface area contributed by atoms with E-state index in [4.69, 9.17) is 85.3 Å². The van der Waals surface area contributed by atoms with Gasteiger partial charge in [0.15, 0.2) is 44.0 Å². The molecule has 51 nitrogen and oxygen atoms in total. The van der Waals surface area contributed by atoms with E-state index in [1.807, 2.05) is 0 Å². The summed E-state index contributed by atoms with van der Waals surface area (Å²) in [6.07, 6.45) is -55.9. The molecule has 0 bridgehead atoms. The Bertz CT molecular complexity index is 3570. The van der Waals surface area contributed by atoms with Crippen LogP contribution in [0.5, 0.6) is 0 Å². The second-order valence-electron chi connectivity index (χ2n) is 37.0. The SMILES string of the molecule is CC(=O)NC1C(O)OC(CO)C(OC2OC(CO)C(O)C(OC3(C(=O)O)CC(O)C(C)C([C@H](O)[C@H](O)CO)O3)C2O)C1OC1OC(C)C(O)C(O)C1O.CC1OC(OC2C(CO)OCCC2OC2OC(CO)C(O)C(O[C@@H](CC3CCCCC3)C(=O)[O-])C2O)C(O)C(O)C1O.CC1OC(OC2CCCCC2OC2OC(CO)C(O)C(O[C@@H](CC3CCCCC3)C(=O)[O-])C2O)C(O)C(O)C1O.[Na+].[Na+]. The first kappa shape index (κ1) is 120. The summed E-state index contributed by atoms with van der Waals surface area (Å²) >= 11 is 0. The number of aliphatic carboxylic acids is 3. The summed E-state index contributed by atoms with van der Waals surface area (Å²) in [6.45, 7) is 2.12. The fourth-order valence-electron chi connectivity index (χ4n) is 19.3. The van der Waals surface area contributed by atoms with Gasteiger partial charge in [0.05, 0.1) is 113 Å². The van der Waals surface area contributed by atoms with Crippen LogP contribution in [0.1, 0.15) is 150 Å². The fourth-order valence-corrected chi connectivity index (χ4v) is 19.3. The smallest absolute Gasteiger partial charge is 0.547 e. The zero-order chi connectivity index (χ0) is 99.2. The maximum Gasteiger partial charge on any atom is 1.00 e. The Labute approximate surface area is 832 Å². The number of nitrogens with one attached hydrogen (secondary N) is 1. The van der Waals surface area contributed by atoms with E-state index in [0.29, 0.717) is 12.8 Å². The molecule has 0 radical (unpaired) electrons. The molecule has 0 aromatic carbocycles. The largest absolute Gasteiger partial charge is 1.00 e. The van der Waals surface area contributed by atoms with Crippen molar-refractivity contribution in [3.8, 4) is 0 Å². The Morgan fingerprint density at radius 3 is 1.16 bits per heavy atom. The van der Waals surface area contributed by atoms with Gasteiger partial charge in [0.2, 0.25) is 5.91 Å². The van der Waals surface area contributed by atoms with Crippen LogP contribution < -0.4 is 74.6 Å². The molecular weight excluding hydrogens is 1870 g/mol. The number of carbonyl (C=O) groups is 4. The molecule has 27 N–H and O–H groups in total. The van der Waals surface area contributed by atoms with Gasteiger partial charge in [-0.15, -0.1) is 0 Å².